The fourth-order valence-corrected chi connectivity index (χ4v) is 2.42. The highest BCUT2D eigenvalue weighted by Crippen LogP contribution is 2.22. The van der Waals surface area contributed by atoms with Gasteiger partial charge in [0.2, 0.25) is 0 Å². The van der Waals surface area contributed by atoms with Crippen LogP contribution in [0.25, 0.3) is 11.3 Å². The van der Waals surface area contributed by atoms with Crippen molar-refractivity contribution < 1.29 is 0 Å². The van der Waals surface area contributed by atoms with E-state index in [1.165, 1.54) is 5.56 Å². The number of amidine groups is 1. The molecule has 1 N–H and O–H groups in total. The van der Waals surface area contributed by atoms with E-state index in [-0.39, 0.29) is 0 Å². The molecule has 0 aliphatic heterocycles. The van der Waals surface area contributed by atoms with E-state index in [4.69, 9.17) is 0 Å². The van der Waals surface area contributed by atoms with Crippen molar-refractivity contribution in [1.29, 1.82) is 0 Å². The van der Waals surface area contributed by atoms with Crippen molar-refractivity contribution >= 4 is 34.8 Å². The molecule has 0 bridgehead atoms. The lowest BCUT2D eigenvalue weighted by atomic mass is 10.0. The minimum absolute atomic E-state index is 0.653. The third-order valence-corrected chi connectivity index (χ3v) is 3.45. The molecule has 1 aromatic carbocycles. The minimum atomic E-state index is 0.653. The number of nitrogens with one attached hydrogen (secondary N) is 1. The Balaban J connectivity index is 2.49. The summed E-state index contributed by atoms with van der Waals surface area (Å²) in [5.41, 5.74) is 4.11. The molecule has 0 amide bonds. The number of halogens is 1. The fourth-order valence-electron chi connectivity index (χ4n) is 1.83. The van der Waals surface area contributed by atoms with Crippen molar-refractivity contribution in [3.8, 4) is 11.3 Å². The average molecular weight is 336 g/mol. The van der Waals surface area contributed by atoms with Gasteiger partial charge in [-0.05, 0) is 18.1 Å². The molecule has 0 saturated carbocycles. The first-order chi connectivity index (χ1) is 9.30. The molecule has 98 valence electrons. The predicted molar refractivity (Wildman–Crippen MR) is 86.6 cm³/mol. The summed E-state index contributed by atoms with van der Waals surface area (Å²) in [4.78, 5) is 4.51. The van der Waals surface area contributed by atoms with Crippen LogP contribution in [0.1, 0.15) is 18.1 Å². The van der Waals surface area contributed by atoms with Crippen molar-refractivity contribution in [2.45, 2.75) is 13.3 Å². The smallest absolute Gasteiger partial charge is 0.151 e. The van der Waals surface area contributed by atoms with Gasteiger partial charge in [0.1, 0.15) is 0 Å². The summed E-state index contributed by atoms with van der Waals surface area (Å²) in [6, 6.07) is 12.1. The Hall–Kier alpha value is -1.33. The van der Waals surface area contributed by atoms with E-state index >= 15 is 0 Å². The summed E-state index contributed by atoms with van der Waals surface area (Å²) in [5.74, 6) is 0.653. The number of nitrogens with zero attached hydrogens (tertiary/aromatic N) is 2. The molecule has 1 aromatic heterocycles. The summed E-state index contributed by atoms with van der Waals surface area (Å²) >= 11 is 7.17. The third kappa shape index (κ3) is 3.16. The van der Waals surface area contributed by atoms with Gasteiger partial charge in [-0.25, -0.2) is 0 Å². The first kappa shape index (κ1) is 14.1. The van der Waals surface area contributed by atoms with Crippen LogP contribution in [0.5, 0.6) is 0 Å². The Bertz CT molecular complexity index is 581. The quantitative estimate of drug-likeness (QED) is 0.508. The third-order valence-electron chi connectivity index (χ3n) is 2.88. The van der Waals surface area contributed by atoms with Gasteiger partial charge in [0.25, 0.3) is 0 Å². The van der Waals surface area contributed by atoms with Gasteiger partial charge in [-0.3, -0.25) is 4.98 Å². The van der Waals surface area contributed by atoms with E-state index in [0.717, 1.165) is 23.2 Å². The molecule has 3 nitrogen and oxygen atoms in total. The number of pyridine rings is 1. The molecule has 2 aromatic rings. The topological polar surface area (TPSA) is 37.3 Å². The molecular formula is C14H14BrN3S. The van der Waals surface area contributed by atoms with E-state index in [1.807, 2.05) is 36.5 Å². The number of benzene rings is 1. The van der Waals surface area contributed by atoms with Gasteiger partial charge < -0.3 is 4.72 Å². The van der Waals surface area contributed by atoms with E-state index < -0.39 is 0 Å². The van der Waals surface area contributed by atoms with E-state index in [0.29, 0.717) is 5.84 Å². The minimum Gasteiger partial charge on any atom is -0.316 e. The Labute approximate surface area is 127 Å². The molecule has 1 heterocycles. The molecular weight excluding hydrogens is 322 g/mol. The molecule has 0 aliphatic carbocycles. The van der Waals surface area contributed by atoms with Crippen molar-refractivity contribution in [3.05, 3.63) is 53.7 Å². The Morgan fingerprint density at radius 2 is 2.11 bits per heavy atom. The number of thiol groups is 1. The number of rotatable bonds is 3. The van der Waals surface area contributed by atoms with Crippen LogP contribution in [0.2, 0.25) is 0 Å². The van der Waals surface area contributed by atoms with Crippen LogP contribution in [-0.4, -0.2) is 10.8 Å². The molecule has 2 rings (SSSR count). The van der Waals surface area contributed by atoms with Crippen LogP contribution in [0.3, 0.4) is 0 Å². The van der Waals surface area contributed by atoms with Gasteiger partial charge in [0.15, 0.2) is 5.84 Å². The lowest BCUT2D eigenvalue weighted by Gasteiger charge is -2.10. The van der Waals surface area contributed by atoms with Gasteiger partial charge in [-0.15, -0.1) is 0 Å². The molecule has 0 unspecified atom stereocenters. The molecule has 0 saturated heterocycles. The Morgan fingerprint density at radius 3 is 2.68 bits per heavy atom. The maximum atomic E-state index is 4.51. The Kier molecular flexibility index (Phi) is 4.99. The van der Waals surface area contributed by atoms with Crippen molar-refractivity contribution in [1.82, 2.24) is 9.71 Å². The lowest BCUT2D eigenvalue weighted by Crippen LogP contribution is -2.14. The number of hydrogen-bond acceptors (Lipinski definition) is 3. The standard InChI is InChI=1S/C14H14BrN3S/c1-2-10-7-8-13(16-9-10)11-5-3-4-6-12(11)14(17-15)18-19/h3-9,19H,2H2,1H3,(H,17,18). The SMILES string of the molecule is CCc1ccc(-c2ccccc2/C(=N/Br)NS)nc1. The van der Waals surface area contributed by atoms with Gasteiger partial charge in [-0.1, -0.05) is 50.1 Å². The number of aromatic nitrogens is 1. The van der Waals surface area contributed by atoms with Crippen LogP contribution in [0.4, 0.5) is 0 Å². The highest BCUT2D eigenvalue weighted by molar-refractivity contribution is 9.08. The normalized spacial score (nSPS) is 11.4. The van der Waals surface area contributed by atoms with Crippen molar-refractivity contribution in [2.75, 3.05) is 0 Å². The molecule has 0 aliphatic rings. The summed E-state index contributed by atoms with van der Waals surface area (Å²) in [6.07, 6.45) is 2.90. The van der Waals surface area contributed by atoms with Crippen LogP contribution in [0, 0.1) is 0 Å². The molecule has 19 heavy (non-hydrogen) atoms. The summed E-state index contributed by atoms with van der Waals surface area (Å²) in [5, 5.41) is 0. The fraction of sp³-hybridized carbons (Fsp3) is 0.143. The number of aryl methyl sites for hydroxylation is 1. The van der Waals surface area contributed by atoms with Crippen molar-refractivity contribution in [2.24, 2.45) is 4.02 Å². The van der Waals surface area contributed by atoms with Gasteiger partial charge >= 0.3 is 0 Å². The summed E-state index contributed by atoms with van der Waals surface area (Å²) in [6.45, 7) is 2.12. The lowest BCUT2D eigenvalue weighted by molar-refractivity contribution is 1.10. The molecule has 0 radical (unpaired) electrons. The highest BCUT2D eigenvalue weighted by atomic mass is 79.9. The molecule has 5 heteroatoms. The first-order valence-corrected chi connectivity index (χ1v) is 7.09. The largest absolute Gasteiger partial charge is 0.316 e. The van der Waals surface area contributed by atoms with E-state index in [1.54, 1.807) is 0 Å². The number of hydrogen-bond donors (Lipinski definition) is 2. The van der Waals surface area contributed by atoms with Crippen LogP contribution < -0.4 is 4.72 Å². The second kappa shape index (κ2) is 6.73. The average Bonchev–Trinajstić information content (AvgIpc) is 2.49. The van der Waals surface area contributed by atoms with Crippen LogP contribution in [0.15, 0.2) is 46.6 Å². The maximum absolute atomic E-state index is 4.51. The van der Waals surface area contributed by atoms with Gasteiger partial charge in [0, 0.05) is 17.3 Å². The highest BCUT2D eigenvalue weighted by Gasteiger charge is 2.10. The summed E-state index contributed by atoms with van der Waals surface area (Å²) < 4.78 is 6.78. The Morgan fingerprint density at radius 1 is 1.32 bits per heavy atom. The van der Waals surface area contributed by atoms with Gasteiger partial charge in [0.05, 0.1) is 21.8 Å². The second-order valence-corrected chi connectivity index (χ2v) is 4.57. The summed E-state index contributed by atoms with van der Waals surface area (Å²) in [7, 11) is 0. The van der Waals surface area contributed by atoms with Crippen LogP contribution >= 0.6 is 29.0 Å². The second-order valence-electron chi connectivity index (χ2n) is 4.00. The zero-order valence-corrected chi connectivity index (χ0v) is 12.9. The zero-order valence-electron chi connectivity index (χ0n) is 10.5. The predicted octanol–water partition coefficient (Wildman–Crippen LogP) is 3.80. The zero-order chi connectivity index (χ0) is 13.7. The molecule has 0 spiro atoms. The monoisotopic (exact) mass is 335 g/mol. The first-order valence-electron chi connectivity index (χ1n) is 5.94. The molecule has 0 atom stereocenters. The maximum Gasteiger partial charge on any atom is 0.151 e. The van der Waals surface area contributed by atoms with E-state index in [2.05, 4.69) is 55.7 Å². The van der Waals surface area contributed by atoms with Crippen LogP contribution in [-0.2, 0) is 6.42 Å². The van der Waals surface area contributed by atoms with Crippen molar-refractivity contribution in [3.63, 3.8) is 0 Å². The molecule has 0 fully saturated rings. The van der Waals surface area contributed by atoms with E-state index in [9.17, 15) is 0 Å². The van der Waals surface area contributed by atoms with Gasteiger partial charge in [-0.2, -0.15) is 4.02 Å².